The number of esters is 1. The molecule has 0 aromatic carbocycles. The van der Waals surface area contributed by atoms with Gasteiger partial charge in [0.25, 0.3) is 5.91 Å². The van der Waals surface area contributed by atoms with Crippen LogP contribution in [0.4, 0.5) is 5.82 Å². The SMILES string of the molecule is Cc1cc(NC(=O)COC(=O)C2CCCCC2)n([C@@H]2CCS(=O)(=O)C2)n1. The smallest absolute Gasteiger partial charge is 0.309 e. The van der Waals surface area contributed by atoms with E-state index < -0.39 is 15.7 Å². The van der Waals surface area contributed by atoms with Crippen LogP contribution < -0.4 is 5.32 Å². The number of hydrogen-bond donors (Lipinski definition) is 1. The van der Waals surface area contributed by atoms with E-state index >= 15 is 0 Å². The van der Waals surface area contributed by atoms with Gasteiger partial charge < -0.3 is 10.1 Å². The number of nitrogens with zero attached hydrogens (tertiary/aromatic N) is 2. The first kappa shape index (κ1) is 18.9. The van der Waals surface area contributed by atoms with Gasteiger partial charge in [0.2, 0.25) is 0 Å². The van der Waals surface area contributed by atoms with Crippen molar-refractivity contribution in [3.63, 3.8) is 0 Å². The molecule has 2 fully saturated rings. The summed E-state index contributed by atoms with van der Waals surface area (Å²) in [6.07, 6.45) is 5.31. The van der Waals surface area contributed by atoms with Crippen LogP contribution >= 0.6 is 0 Å². The number of hydrogen-bond acceptors (Lipinski definition) is 6. The molecule has 0 radical (unpaired) electrons. The maximum absolute atomic E-state index is 12.2. The van der Waals surface area contributed by atoms with Crippen LogP contribution in [-0.2, 0) is 24.2 Å². The van der Waals surface area contributed by atoms with Gasteiger partial charge in [-0.05, 0) is 26.2 Å². The molecule has 0 unspecified atom stereocenters. The first-order valence-corrected chi connectivity index (χ1v) is 10.9. The lowest BCUT2D eigenvalue weighted by Gasteiger charge is -2.19. The molecule has 144 valence electrons. The zero-order valence-electron chi connectivity index (χ0n) is 14.9. The summed E-state index contributed by atoms with van der Waals surface area (Å²) >= 11 is 0. The molecule has 9 heteroatoms. The molecule has 1 aliphatic carbocycles. The van der Waals surface area contributed by atoms with Gasteiger partial charge in [0, 0.05) is 6.07 Å². The summed E-state index contributed by atoms with van der Waals surface area (Å²) in [6.45, 7) is 1.43. The first-order chi connectivity index (χ1) is 12.3. The third-order valence-electron chi connectivity index (χ3n) is 4.96. The van der Waals surface area contributed by atoms with Crippen LogP contribution in [-0.4, -0.2) is 48.2 Å². The fourth-order valence-electron chi connectivity index (χ4n) is 3.63. The van der Waals surface area contributed by atoms with Gasteiger partial charge in [-0.2, -0.15) is 5.10 Å². The number of ether oxygens (including phenoxy) is 1. The number of rotatable bonds is 5. The van der Waals surface area contributed by atoms with Crippen molar-refractivity contribution in [2.24, 2.45) is 5.92 Å². The van der Waals surface area contributed by atoms with E-state index in [2.05, 4.69) is 10.4 Å². The molecule has 0 bridgehead atoms. The number of anilines is 1. The molecule has 1 N–H and O–H groups in total. The molecule has 26 heavy (non-hydrogen) atoms. The Bertz CT molecular complexity index is 780. The predicted molar refractivity (Wildman–Crippen MR) is 95.4 cm³/mol. The van der Waals surface area contributed by atoms with E-state index in [9.17, 15) is 18.0 Å². The van der Waals surface area contributed by atoms with Crippen LogP contribution in [0.5, 0.6) is 0 Å². The second kappa shape index (κ2) is 7.77. The van der Waals surface area contributed by atoms with E-state index in [0.29, 0.717) is 17.9 Å². The van der Waals surface area contributed by atoms with Gasteiger partial charge in [0.05, 0.1) is 29.2 Å². The quantitative estimate of drug-likeness (QED) is 0.774. The second-order valence-electron chi connectivity index (χ2n) is 7.16. The third-order valence-corrected chi connectivity index (χ3v) is 6.71. The Morgan fingerprint density at radius 3 is 2.65 bits per heavy atom. The molecule has 1 saturated carbocycles. The van der Waals surface area contributed by atoms with Crippen molar-refractivity contribution in [2.45, 2.75) is 51.5 Å². The number of amides is 1. The highest BCUT2D eigenvalue weighted by Crippen LogP contribution is 2.27. The minimum atomic E-state index is -3.06. The van der Waals surface area contributed by atoms with Gasteiger partial charge >= 0.3 is 5.97 Å². The zero-order valence-corrected chi connectivity index (χ0v) is 15.8. The van der Waals surface area contributed by atoms with Crippen molar-refractivity contribution in [2.75, 3.05) is 23.4 Å². The van der Waals surface area contributed by atoms with Crippen molar-refractivity contribution in [1.82, 2.24) is 9.78 Å². The van der Waals surface area contributed by atoms with Crippen LogP contribution in [0.3, 0.4) is 0 Å². The molecule has 1 aromatic rings. The van der Waals surface area contributed by atoms with Gasteiger partial charge in [-0.15, -0.1) is 0 Å². The average molecular weight is 383 g/mol. The lowest BCUT2D eigenvalue weighted by molar-refractivity contribution is -0.152. The lowest BCUT2D eigenvalue weighted by atomic mass is 9.89. The molecule has 1 aromatic heterocycles. The summed E-state index contributed by atoms with van der Waals surface area (Å²) in [4.78, 5) is 24.2. The molecule has 0 spiro atoms. The monoisotopic (exact) mass is 383 g/mol. The van der Waals surface area contributed by atoms with Crippen molar-refractivity contribution in [3.05, 3.63) is 11.8 Å². The minimum Gasteiger partial charge on any atom is -0.455 e. The molecule has 8 nitrogen and oxygen atoms in total. The Hall–Kier alpha value is -1.90. The highest BCUT2D eigenvalue weighted by molar-refractivity contribution is 7.91. The molecule has 1 atom stereocenters. The summed E-state index contributed by atoms with van der Waals surface area (Å²) in [5.74, 6) is -0.282. The second-order valence-corrected chi connectivity index (χ2v) is 9.39. The number of nitrogens with one attached hydrogen (secondary N) is 1. The third kappa shape index (κ3) is 4.63. The number of carbonyl (C=O) groups is 2. The van der Waals surface area contributed by atoms with Crippen LogP contribution in [0.1, 0.15) is 50.3 Å². The summed E-state index contributed by atoms with van der Waals surface area (Å²) in [6, 6.07) is 1.40. The number of aromatic nitrogens is 2. The normalized spacial score (nSPS) is 22.9. The Labute approximate surface area is 153 Å². The highest BCUT2D eigenvalue weighted by atomic mass is 32.2. The summed E-state index contributed by atoms with van der Waals surface area (Å²) in [7, 11) is -3.06. The fraction of sp³-hybridized carbons (Fsp3) is 0.706. The van der Waals surface area contributed by atoms with Gasteiger partial charge in [-0.25, -0.2) is 13.1 Å². The molecule has 2 aliphatic rings. The molecule has 1 aliphatic heterocycles. The topological polar surface area (TPSA) is 107 Å². The maximum atomic E-state index is 12.2. The molecule has 2 heterocycles. The number of aryl methyl sites for hydroxylation is 1. The standard InChI is InChI=1S/C17H25N3O5S/c1-12-9-15(20(19-12)14-7-8-26(23,24)11-14)18-16(21)10-25-17(22)13-5-3-2-4-6-13/h9,13-14H,2-8,10-11H2,1H3,(H,18,21)/t14-/m1/s1. The molecule has 3 rings (SSSR count). The lowest BCUT2D eigenvalue weighted by Crippen LogP contribution is -2.27. The number of sulfone groups is 1. The Morgan fingerprint density at radius 1 is 1.27 bits per heavy atom. The van der Waals surface area contributed by atoms with E-state index in [-0.39, 0.29) is 36.0 Å². The fourth-order valence-corrected chi connectivity index (χ4v) is 5.32. The minimum absolute atomic E-state index is 0.0215. The van der Waals surface area contributed by atoms with Gasteiger partial charge in [0.15, 0.2) is 16.4 Å². The predicted octanol–water partition coefficient (Wildman–Crippen LogP) is 1.61. The van der Waals surface area contributed by atoms with E-state index in [0.717, 1.165) is 32.1 Å². The van der Waals surface area contributed by atoms with E-state index in [1.165, 1.54) is 0 Å². The van der Waals surface area contributed by atoms with Crippen molar-refractivity contribution in [3.8, 4) is 0 Å². The first-order valence-electron chi connectivity index (χ1n) is 9.07. The van der Waals surface area contributed by atoms with Crippen LogP contribution in [0.25, 0.3) is 0 Å². The summed E-state index contributed by atoms with van der Waals surface area (Å²) in [5, 5.41) is 6.99. The molecular weight excluding hydrogens is 358 g/mol. The highest BCUT2D eigenvalue weighted by Gasteiger charge is 2.31. The largest absolute Gasteiger partial charge is 0.455 e. The Kier molecular flexibility index (Phi) is 5.64. The van der Waals surface area contributed by atoms with E-state index in [1.807, 2.05) is 0 Å². The van der Waals surface area contributed by atoms with E-state index in [4.69, 9.17) is 4.74 Å². The van der Waals surface area contributed by atoms with Crippen LogP contribution in [0.2, 0.25) is 0 Å². The van der Waals surface area contributed by atoms with Crippen molar-refractivity contribution < 1.29 is 22.7 Å². The number of carbonyl (C=O) groups excluding carboxylic acids is 2. The average Bonchev–Trinajstić information content (AvgIpc) is 3.15. The van der Waals surface area contributed by atoms with Crippen molar-refractivity contribution >= 4 is 27.5 Å². The van der Waals surface area contributed by atoms with Crippen LogP contribution in [0, 0.1) is 12.8 Å². The maximum Gasteiger partial charge on any atom is 0.309 e. The van der Waals surface area contributed by atoms with Gasteiger partial charge in [0.1, 0.15) is 5.82 Å². The Balaban J connectivity index is 1.57. The van der Waals surface area contributed by atoms with Crippen molar-refractivity contribution in [1.29, 1.82) is 0 Å². The summed E-state index contributed by atoms with van der Waals surface area (Å²) < 4.78 is 30.1. The van der Waals surface area contributed by atoms with Gasteiger partial charge in [-0.1, -0.05) is 19.3 Å². The zero-order chi connectivity index (χ0) is 18.7. The molecular formula is C17H25N3O5S. The Morgan fingerprint density at radius 2 is 2.00 bits per heavy atom. The van der Waals surface area contributed by atoms with Gasteiger partial charge in [-0.3, -0.25) is 9.59 Å². The molecule has 1 saturated heterocycles. The molecule has 1 amide bonds. The van der Waals surface area contributed by atoms with E-state index in [1.54, 1.807) is 17.7 Å². The summed E-state index contributed by atoms with van der Waals surface area (Å²) in [5.41, 5.74) is 0.684. The van der Waals surface area contributed by atoms with Crippen LogP contribution in [0.15, 0.2) is 6.07 Å².